The molecule has 0 aromatic heterocycles. The van der Waals surface area contributed by atoms with Gasteiger partial charge in [0.1, 0.15) is 11.6 Å². The largest absolute Gasteiger partial charge is 0.493 e. The Morgan fingerprint density at radius 2 is 2.33 bits per heavy atom. The number of nitrogens with two attached hydrogens (primary N) is 1. The fourth-order valence-corrected chi connectivity index (χ4v) is 2.48. The zero-order valence-corrected chi connectivity index (χ0v) is 12.6. The molecule has 1 aliphatic heterocycles. The van der Waals surface area contributed by atoms with Gasteiger partial charge in [-0.05, 0) is 24.8 Å². The van der Waals surface area contributed by atoms with E-state index >= 15 is 0 Å². The van der Waals surface area contributed by atoms with E-state index in [-0.39, 0.29) is 23.7 Å². The molecule has 1 amide bonds. The lowest BCUT2D eigenvalue weighted by atomic mass is 9.97. The third kappa shape index (κ3) is 3.73. The molecular weight excluding hydrogens is 271 g/mol. The van der Waals surface area contributed by atoms with Crippen LogP contribution in [0.1, 0.15) is 44.7 Å². The molecule has 1 aromatic rings. The summed E-state index contributed by atoms with van der Waals surface area (Å²) in [6, 6.07) is 3.74. The Morgan fingerprint density at radius 3 is 3.05 bits per heavy atom. The molecular formula is C16H23FN2O2. The van der Waals surface area contributed by atoms with Crippen molar-refractivity contribution in [3.05, 3.63) is 29.6 Å². The number of amides is 1. The van der Waals surface area contributed by atoms with Crippen molar-refractivity contribution in [3.63, 3.8) is 0 Å². The first-order valence-electron chi connectivity index (χ1n) is 7.51. The standard InChI is InChI=1S/C16H23FN2O2/c1-3-10(2)15(18)16(20)19-13-5-4-8-21-14-9-11(17)6-7-12(13)14/h6-7,9-10,13,15H,3-5,8,18H2,1-2H3,(H,19,20). The van der Waals surface area contributed by atoms with Gasteiger partial charge < -0.3 is 15.8 Å². The second kappa shape index (κ2) is 6.89. The van der Waals surface area contributed by atoms with Crippen LogP contribution in [0.25, 0.3) is 0 Å². The van der Waals surface area contributed by atoms with Gasteiger partial charge in [0.15, 0.2) is 0 Å². The molecule has 3 atom stereocenters. The number of carbonyl (C=O) groups excluding carboxylic acids is 1. The summed E-state index contributed by atoms with van der Waals surface area (Å²) in [7, 11) is 0. The highest BCUT2D eigenvalue weighted by Crippen LogP contribution is 2.32. The minimum Gasteiger partial charge on any atom is -0.493 e. The number of ether oxygens (including phenoxy) is 1. The van der Waals surface area contributed by atoms with Crippen LogP contribution in [0.5, 0.6) is 5.75 Å². The SMILES string of the molecule is CCC(C)C(N)C(=O)NC1CCCOc2cc(F)ccc21. The Hall–Kier alpha value is -1.62. The fraction of sp³-hybridized carbons (Fsp3) is 0.562. The average molecular weight is 294 g/mol. The van der Waals surface area contributed by atoms with Crippen molar-refractivity contribution in [3.8, 4) is 5.75 Å². The fourth-order valence-electron chi connectivity index (χ4n) is 2.48. The first-order valence-corrected chi connectivity index (χ1v) is 7.51. The van der Waals surface area contributed by atoms with Gasteiger partial charge in [0.25, 0.3) is 0 Å². The molecule has 1 aliphatic rings. The van der Waals surface area contributed by atoms with Gasteiger partial charge in [-0.25, -0.2) is 4.39 Å². The van der Waals surface area contributed by atoms with E-state index in [1.54, 1.807) is 6.07 Å². The Kier molecular flexibility index (Phi) is 5.17. The Balaban J connectivity index is 2.15. The van der Waals surface area contributed by atoms with E-state index in [2.05, 4.69) is 5.32 Å². The molecule has 1 aromatic carbocycles. The van der Waals surface area contributed by atoms with Crippen molar-refractivity contribution < 1.29 is 13.9 Å². The number of halogens is 1. The van der Waals surface area contributed by atoms with E-state index in [0.717, 1.165) is 24.8 Å². The van der Waals surface area contributed by atoms with Crippen LogP contribution in [0.4, 0.5) is 4.39 Å². The van der Waals surface area contributed by atoms with Gasteiger partial charge in [0.2, 0.25) is 5.91 Å². The van der Waals surface area contributed by atoms with Gasteiger partial charge >= 0.3 is 0 Å². The summed E-state index contributed by atoms with van der Waals surface area (Å²) in [6.45, 7) is 4.50. The van der Waals surface area contributed by atoms with Crippen LogP contribution in [0, 0.1) is 11.7 Å². The van der Waals surface area contributed by atoms with Crippen molar-refractivity contribution in [2.24, 2.45) is 11.7 Å². The van der Waals surface area contributed by atoms with Gasteiger partial charge in [0.05, 0.1) is 18.7 Å². The maximum Gasteiger partial charge on any atom is 0.237 e. The predicted octanol–water partition coefficient (Wildman–Crippen LogP) is 2.53. The van der Waals surface area contributed by atoms with Crippen LogP contribution < -0.4 is 15.8 Å². The third-order valence-electron chi connectivity index (χ3n) is 4.12. The minimum atomic E-state index is -0.525. The van der Waals surface area contributed by atoms with Gasteiger partial charge in [-0.2, -0.15) is 0 Å². The van der Waals surface area contributed by atoms with E-state index in [9.17, 15) is 9.18 Å². The van der Waals surface area contributed by atoms with Crippen LogP contribution in [0.15, 0.2) is 18.2 Å². The highest BCUT2D eigenvalue weighted by Gasteiger charge is 2.26. The van der Waals surface area contributed by atoms with Crippen molar-refractivity contribution in [2.45, 2.75) is 45.2 Å². The van der Waals surface area contributed by atoms with E-state index in [1.165, 1.54) is 12.1 Å². The maximum atomic E-state index is 13.3. The minimum absolute atomic E-state index is 0.125. The average Bonchev–Trinajstić information content (AvgIpc) is 2.67. The monoisotopic (exact) mass is 294 g/mol. The van der Waals surface area contributed by atoms with E-state index in [4.69, 9.17) is 10.5 Å². The molecule has 5 heteroatoms. The first kappa shape index (κ1) is 15.8. The van der Waals surface area contributed by atoms with E-state index in [1.807, 2.05) is 13.8 Å². The van der Waals surface area contributed by atoms with Gasteiger partial charge in [-0.1, -0.05) is 26.3 Å². The Labute approximate surface area is 124 Å². The highest BCUT2D eigenvalue weighted by molar-refractivity contribution is 5.82. The molecule has 4 nitrogen and oxygen atoms in total. The number of hydrogen-bond acceptors (Lipinski definition) is 3. The Bertz CT molecular complexity index is 507. The summed E-state index contributed by atoms with van der Waals surface area (Å²) in [5.41, 5.74) is 6.79. The quantitative estimate of drug-likeness (QED) is 0.897. The topological polar surface area (TPSA) is 64.4 Å². The lowest BCUT2D eigenvalue weighted by Gasteiger charge is -2.23. The molecule has 1 heterocycles. The molecule has 0 spiro atoms. The van der Waals surface area contributed by atoms with Crippen LogP contribution in [0.3, 0.4) is 0 Å². The molecule has 0 saturated carbocycles. The molecule has 0 aliphatic carbocycles. The normalized spacial score (nSPS) is 20.7. The van der Waals surface area contributed by atoms with E-state index < -0.39 is 6.04 Å². The molecule has 0 saturated heterocycles. The second-order valence-electron chi connectivity index (χ2n) is 5.65. The first-order chi connectivity index (χ1) is 10.0. The Morgan fingerprint density at radius 1 is 1.57 bits per heavy atom. The van der Waals surface area contributed by atoms with Crippen molar-refractivity contribution in [1.29, 1.82) is 0 Å². The van der Waals surface area contributed by atoms with Crippen LogP contribution in [0.2, 0.25) is 0 Å². The van der Waals surface area contributed by atoms with Crippen LogP contribution >= 0.6 is 0 Å². The van der Waals surface area contributed by atoms with Crippen LogP contribution in [-0.4, -0.2) is 18.6 Å². The molecule has 116 valence electrons. The highest BCUT2D eigenvalue weighted by atomic mass is 19.1. The van der Waals surface area contributed by atoms with Crippen molar-refractivity contribution in [2.75, 3.05) is 6.61 Å². The summed E-state index contributed by atoms with van der Waals surface area (Å²) >= 11 is 0. The summed E-state index contributed by atoms with van der Waals surface area (Å²) in [4.78, 5) is 12.2. The number of benzene rings is 1. The number of rotatable bonds is 4. The van der Waals surface area contributed by atoms with Crippen molar-refractivity contribution >= 4 is 5.91 Å². The lowest BCUT2D eigenvalue weighted by molar-refractivity contribution is -0.124. The molecule has 3 unspecified atom stereocenters. The number of hydrogen-bond donors (Lipinski definition) is 2. The van der Waals surface area contributed by atoms with Crippen molar-refractivity contribution in [1.82, 2.24) is 5.32 Å². The third-order valence-corrected chi connectivity index (χ3v) is 4.12. The molecule has 3 N–H and O–H groups in total. The van der Waals surface area contributed by atoms with E-state index in [0.29, 0.717) is 12.4 Å². The summed E-state index contributed by atoms with van der Waals surface area (Å²) in [6.07, 6.45) is 2.42. The zero-order chi connectivity index (χ0) is 15.4. The zero-order valence-electron chi connectivity index (χ0n) is 12.6. The molecule has 21 heavy (non-hydrogen) atoms. The second-order valence-corrected chi connectivity index (χ2v) is 5.65. The summed E-state index contributed by atoms with van der Waals surface area (Å²) in [5, 5.41) is 2.98. The molecule has 0 bridgehead atoms. The predicted molar refractivity (Wildman–Crippen MR) is 79.4 cm³/mol. The summed E-state index contributed by atoms with van der Waals surface area (Å²) in [5.74, 6) is 0.137. The van der Waals surface area contributed by atoms with Gasteiger partial charge in [0, 0.05) is 11.6 Å². The number of carbonyl (C=O) groups is 1. The number of nitrogens with one attached hydrogen (secondary N) is 1. The molecule has 0 radical (unpaired) electrons. The van der Waals surface area contributed by atoms with Crippen LogP contribution in [-0.2, 0) is 4.79 Å². The molecule has 2 rings (SSSR count). The summed E-state index contributed by atoms with van der Waals surface area (Å²) < 4.78 is 18.9. The lowest BCUT2D eigenvalue weighted by Crippen LogP contribution is -2.45. The van der Waals surface area contributed by atoms with Gasteiger partial charge in [-0.3, -0.25) is 4.79 Å². The maximum absolute atomic E-state index is 13.3. The number of fused-ring (bicyclic) bond motifs is 1. The molecule has 0 fully saturated rings. The van der Waals surface area contributed by atoms with Gasteiger partial charge in [-0.15, -0.1) is 0 Å². The smallest absolute Gasteiger partial charge is 0.237 e.